The third-order valence-electron chi connectivity index (χ3n) is 4.06. The molecule has 2 aromatic carbocycles. The molecule has 0 radical (unpaired) electrons. The van der Waals surface area contributed by atoms with E-state index in [2.05, 4.69) is 22.4 Å². The molecule has 3 rings (SSSR count). The fourth-order valence-corrected chi connectivity index (χ4v) is 2.75. The highest BCUT2D eigenvalue weighted by molar-refractivity contribution is 6.30. The number of aromatic nitrogens is 2. The molecule has 27 heavy (non-hydrogen) atoms. The molecular weight excluding hydrogens is 362 g/mol. The van der Waals surface area contributed by atoms with Crippen LogP contribution in [0.25, 0.3) is 22.5 Å². The van der Waals surface area contributed by atoms with E-state index in [1.54, 1.807) is 12.1 Å². The summed E-state index contributed by atoms with van der Waals surface area (Å²) in [5.41, 5.74) is 4.30. The molecule has 0 spiro atoms. The molecule has 1 amide bonds. The summed E-state index contributed by atoms with van der Waals surface area (Å²) in [5, 5.41) is 10.9. The summed E-state index contributed by atoms with van der Waals surface area (Å²) in [4.78, 5) is 12.1. The average molecular weight is 384 g/mol. The molecule has 0 fully saturated rings. The average Bonchev–Trinajstić information content (AvgIpc) is 3.18. The minimum Gasteiger partial charge on any atom is -0.380 e. The Bertz CT molecular complexity index is 873. The Morgan fingerprint density at radius 2 is 1.78 bits per heavy atom. The third-order valence-corrected chi connectivity index (χ3v) is 4.31. The Kier molecular flexibility index (Phi) is 6.63. The maximum atomic E-state index is 12.1. The molecule has 3 aromatic rings. The Morgan fingerprint density at radius 1 is 1.07 bits per heavy atom. The zero-order chi connectivity index (χ0) is 19.1. The predicted octanol–water partition coefficient (Wildman–Crippen LogP) is 4.55. The Hall–Kier alpha value is -2.63. The first-order chi connectivity index (χ1) is 13.2. The number of halogens is 1. The number of hydrogen-bond acceptors (Lipinski definition) is 3. The number of H-pyrrole nitrogens is 1. The first-order valence-corrected chi connectivity index (χ1v) is 9.33. The minimum absolute atomic E-state index is 0.106. The highest BCUT2D eigenvalue weighted by atomic mass is 35.5. The van der Waals surface area contributed by atoms with Crippen LogP contribution in [0, 0.1) is 0 Å². The van der Waals surface area contributed by atoms with Crippen LogP contribution in [0.3, 0.4) is 0 Å². The second-order valence-electron chi connectivity index (χ2n) is 6.12. The molecule has 6 heteroatoms. The van der Waals surface area contributed by atoms with Crippen LogP contribution in [0.15, 0.2) is 54.6 Å². The quantitative estimate of drug-likeness (QED) is 0.560. The van der Waals surface area contributed by atoms with Gasteiger partial charge in [-0.25, -0.2) is 0 Å². The standard InChI is InChI=1S/C21H22ClN3O2/c1-2-12-27-13-11-23-21(26)17-5-3-15(4-6-17)19-14-20(25-24-19)16-7-9-18(22)10-8-16/h3-10,14H,2,11-13H2,1H3,(H,23,26)(H,24,25). The van der Waals surface area contributed by atoms with Gasteiger partial charge in [0.05, 0.1) is 18.0 Å². The normalized spacial score (nSPS) is 10.7. The summed E-state index contributed by atoms with van der Waals surface area (Å²) in [6, 6.07) is 16.9. The summed E-state index contributed by atoms with van der Waals surface area (Å²) in [6.07, 6.45) is 0.975. The number of nitrogens with one attached hydrogen (secondary N) is 2. The number of amides is 1. The van der Waals surface area contributed by atoms with Gasteiger partial charge in [0, 0.05) is 29.3 Å². The smallest absolute Gasteiger partial charge is 0.251 e. The van der Waals surface area contributed by atoms with Crippen molar-refractivity contribution in [2.24, 2.45) is 0 Å². The Labute approximate surface area is 163 Å². The van der Waals surface area contributed by atoms with Crippen LogP contribution < -0.4 is 5.32 Å². The van der Waals surface area contributed by atoms with Crippen molar-refractivity contribution in [3.8, 4) is 22.5 Å². The van der Waals surface area contributed by atoms with E-state index in [1.807, 2.05) is 42.5 Å². The van der Waals surface area contributed by atoms with Gasteiger partial charge in [0.25, 0.3) is 5.91 Å². The molecule has 0 saturated heterocycles. The molecule has 0 aliphatic rings. The van der Waals surface area contributed by atoms with Crippen LogP contribution >= 0.6 is 11.6 Å². The van der Waals surface area contributed by atoms with Gasteiger partial charge in [-0.05, 0) is 42.3 Å². The van der Waals surface area contributed by atoms with Gasteiger partial charge in [0.15, 0.2) is 0 Å². The zero-order valence-electron chi connectivity index (χ0n) is 15.2. The molecule has 5 nitrogen and oxygen atoms in total. The van der Waals surface area contributed by atoms with Crippen molar-refractivity contribution in [3.63, 3.8) is 0 Å². The number of rotatable bonds is 8. The van der Waals surface area contributed by atoms with Crippen LogP contribution in [0.5, 0.6) is 0 Å². The van der Waals surface area contributed by atoms with Gasteiger partial charge in [-0.2, -0.15) is 5.10 Å². The fraction of sp³-hybridized carbons (Fsp3) is 0.238. The third kappa shape index (κ3) is 5.18. The highest BCUT2D eigenvalue weighted by Gasteiger charge is 2.08. The maximum absolute atomic E-state index is 12.1. The van der Waals surface area contributed by atoms with Gasteiger partial charge in [0.1, 0.15) is 0 Å². The Balaban J connectivity index is 1.62. The summed E-state index contributed by atoms with van der Waals surface area (Å²) < 4.78 is 5.36. The van der Waals surface area contributed by atoms with Crippen LogP contribution in [0.4, 0.5) is 0 Å². The van der Waals surface area contributed by atoms with Gasteiger partial charge >= 0.3 is 0 Å². The number of benzene rings is 2. The van der Waals surface area contributed by atoms with Gasteiger partial charge in [0.2, 0.25) is 0 Å². The lowest BCUT2D eigenvalue weighted by atomic mass is 10.1. The minimum atomic E-state index is -0.106. The lowest BCUT2D eigenvalue weighted by Gasteiger charge is -2.06. The topological polar surface area (TPSA) is 67.0 Å². The molecule has 140 valence electrons. The second-order valence-corrected chi connectivity index (χ2v) is 6.56. The molecule has 0 aliphatic heterocycles. The van der Waals surface area contributed by atoms with Crippen molar-refractivity contribution in [2.75, 3.05) is 19.8 Å². The second kappa shape index (κ2) is 9.35. The Morgan fingerprint density at radius 3 is 2.48 bits per heavy atom. The van der Waals surface area contributed by atoms with Crippen molar-refractivity contribution in [3.05, 3.63) is 65.2 Å². The monoisotopic (exact) mass is 383 g/mol. The number of nitrogens with zero attached hydrogens (tertiary/aromatic N) is 1. The SMILES string of the molecule is CCCOCCNC(=O)c1ccc(-c2cc(-c3ccc(Cl)cc3)[nH]n2)cc1. The van der Waals surface area contributed by atoms with Crippen LogP contribution in [0.2, 0.25) is 5.02 Å². The van der Waals surface area contributed by atoms with Crippen LogP contribution in [0.1, 0.15) is 23.7 Å². The lowest BCUT2D eigenvalue weighted by Crippen LogP contribution is -2.27. The molecule has 0 aliphatic carbocycles. The van der Waals surface area contributed by atoms with Crippen molar-refractivity contribution >= 4 is 17.5 Å². The molecular formula is C21H22ClN3O2. The largest absolute Gasteiger partial charge is 0.380 e. The number of carbonyl (C=O) groups excluding carboxylic acids is 1. The summed E-state index contributed by atoms with van der Waals surface area (Å²) in [6.45, 7) is 3.80. The van der Waals surface area contributed by atoms with Crippen molar-refractivity contribution in [1.29, 1.82) is 0 Å². The van der Waals surface area contributed by atoms with Gasteiger partial charge in [-0.3, -0.25) is 9.89 Å². The van der Waals surface area contributed by atoms with Crippen molar-refractivity contribution < 1.29 is 9.53 Å². The van der Waals surface area contributed by atoms with Gasteiger partial charge < -0.3 is 10.1 Å². The first kappa shape index (κ1) is 19.1. The fourth-order valence-electron chi connectivity index (χ4n) is 2.62. The summed E-state index contributed by atoms with van der Waals surface area (Å²) in [5.74, 6) is -0.106. The van der Waals surface area contributed by atoms with Crippen molar-refractivity contribution in [2.45, 2.75) is 13.3 Å². The molecule has 1 aromatic heterocycles. The molecule has 2 N–H and O–H groups in total. The molecule has 0 bridgehead atoms. The van der Waals surface area contributed by atoms with Crippen LogP contribution in [-0.2, 0) is 4.74 Å². The molecule has 0 saturated carbocycles. The summed E-state index contributed by atoms with van der Waals surface area (Å²) >= 11 is 5.93. The van der Waals surface area contributed by atoms with Gasteiger partial charge in [-0.15, -0.1) is 0 Å². The van der Waals surface area contributed by atoms with E-state index in [9.17, 15) is 4.79 Å². The number of aromatic amines is 1. The highest BCUT2D eigenvalue weighted by Crippen LogP contribution is 2.25. The predicted molar refractivity (Wildman–Crippen MR) is 108 cm³/mol. The molecule has 0 atom stereocenters. The van der Waals surface area contributed by atoms with E-state index in [0.717, 1.165) is 28.9 Å². The van der Waals surface area contributed by atoms with E-state index < -0.39 is 0 Å². The van der Waals surface area contributed by atoms with E-state index in [-0.39, 0.29) is 5.91 Å². The number of hydrogen-bond donors (Lipinski definition) is 2. The van der Waals surface area contributed by atoms with E-state index in [0.29, 0.717) is 30.3 Å². The van der Waals surface area contributed by atoms with E-state index >= 15 is 0 Å². The molecule has 0 unspecified atom stereocenters. The lowest BCUT2D eigenvalue weighted by molar-refractivity contribution is 0.0915. The number of ether oxygens (including phenoxy) is 1. The maximum Gasteiger partial charge on any atom is 0.251 e. The zero-order valence-corrected chi connectivity index (χ0v) is 15.9. The van der Waals surface area contributed by atoms with Crippen molar-refractivity contribution in [1.82, 2.24) is 15.5 Å². The van der Waals surface area contributed by atoms with Crippen LogP contribution in [-0.4, -0.2) is 35.9 Å². The number of carbonyl (C=O) groups is 1. The van der Waals surface area contributed by atoms with E-state index in [1.165, 1.54) is 0 Å². The molecule has 1 heterocycles. The first-order valence-electron chi connectivity index (χ1n) is 8.95. The van der Waals surface area contributed by atoms with Gasteiger partial charge in [-0.1, -0.05) is 42.8 Å². The summed E-state index contributed by atoms with van der Waals surface area (Å²) in [7, 11) is 0. The van der Waals surface area contributed by atoms with E-state index in [4.69, 9.17) is 16.3 Å².